The van der Waals surface area contributed by atoms with Gasteiger partial charge in [0.05, 0.1) is 16.6 Å². The van der Waals surface area contributed by atoms with Crippen molar-refractivity contribution in [3.63, 3.8) is 0 Å². The predicted molar refractivity (Wildman–Crippen MR) is 111 cm³/mol. The minimum Gasteiger partial charge on any atom is -0.352 e. The van der Waals surface area contributed by atoms with Crippen LogP contribution < -0.4 is 16.6 Å². The van der Waals surface area contributed by atoms with Gasteiger partial charge in [0.2, 0.25) is 5.91 Å². The van der Waals surface area contributed by atoms with Crippen LogP contribution in [-0.2, 0) is 11.3 Å². The topological polar surface area (TPSA) is 73.1 Å². The molecule has 146 valence electrons. The standard InChI is InChI=1S/C21H22ClN3O3/c1-4-14(3)23-19(26)12-24-18-9-8-13(2)10-17(18)20(27)25(21(24)28)16-7-5-6-15(22)11-16/h5-11,14H,4,12H2,1-3H3,(H,23,26). The van der Waals surface area contributed by atoms with Crippen LogP contribution in [-0.4, -0.2) is 21.1 Å². The maximum Gasteiger partial charge on any atom is 0.336 e. The third-order valence-corrected chi connectivity index (χ3v) is 4.92. The van der Waals surface area contributed by atoms with E-state index in [-0.39, 0.29) is 18.5 Å². The second kappa shape index (κ2) is 8.02. The number of carbonyl (C=O) groups excluding carboxylic acids is 1. The Balaban J connectivity index is 2.26. The van der Waals surface area contributed by atoms with E-state index in [4.69, 9.17) is 11.6 Å². The van der Waals surface area contributed by atoms with E-state index in [0.717, 1.165) is 16.6 Å². The molecule has 1 amide bonds. The lowest BCUT2D eigenvalue weighted by atomic mass is 10.1. The molecular formula is C21H22ClN3O3. The second-order valence-electron chi connectivity index (χ2n) is 6.89. The Hall–Kier alpha value is -2.86. The molecule has 7 heteroatoms. The van der Waals surface area contributed by atoms with Gasteiger partial charge in [0, 0.05) is 11.1 Å². The Labute approximate surface area is 167 Å². The van der Waals surface area contributed by atoms with Gasteiger partial charge in [-0.15, -0.1) is 0 Å². The first-order chi connectivity index (χ1) is 13.3. The summed E-state index contributed by atoms with van der Waals surface area (Å²) in [6.07, 6.45) is 0.780. The van der Waals surface area contributed by atoms with Crippen LogP contribution >= 0.6 is 11.6 Å². The normalized spacial score (nSPS) is 12.1. The fourth-order valence-corrected chi connectivity index (χ4v) is 3.23. The Morgan fingerprint density at radius 3 is 2.61 bits per heavy atom. The van der Waals surface area contributed by atoms with Gasteiger partial charge in [0.15, 0.2) is 0 Å². The van der Waals surface area contributed by atoms with Crippen molar-refractivity contribution >= 4 is 28.4 Å². The number of fused-ring (bicyclic) bond motifs is 1. The van der Waals surface area contributed by atoms with E-state index in [1.165, 1.54) is 4.57 Å². The monoisotopic (exact) mass is 399 g/mol. The van der Waals surface area contributed by atoms with Gasteiger partial charge in [0.25, 0.3) is 5.56 Å². The van der Waals surface area contributed by atoms with E-state index in [9.17, 15) is 14.4 Å². The van der Waals surface area contributed by atoms with E-state index >= 15 is 0 Å². The van der Waals surface area contributed by atoms with E-state index in [0.29, 0.717) is 21.6 Å². The van der Waals surface area contributed by atoms with Crippen LogP contribution in [0.3, 0.4) is 0 Å². The molecule has 28 heavy (non-hydrogen) atoms. The van der Waals surface area contributed by atoms with Gasteiger partial charge in [-0.2, -0.15) is 0 Å². The Morgan fingerprint density at radius 1 is 1.18 bits per heavy atom. The Bertz CT molecular complexity index is 1160. The first-order valence-electron chi connectivity index (χ1n) is 9.13. The third-order valence-electron chi connectivity index (χ3n) is 4.69. The summed E-state index contributed by atoms with van der Waals surface area (Å²) in [7, 11) is 0. The van der Waals surface area contributed by atoms with Gasteiger partial charge in [0.1, 0.15) is 6.54 Å². The SMILES string of the molecule is CCC(C)NC(=O)Cn1c(=O)n(-c2cccc(Cl)c2)c(=O)c2cc(C)ccc21. The van der Waals surface area contributed by atoms with E-state index in [2.05, 4.69) is 5.32 Å². The summed E-state index contributed by atoms with van der Waals surface area (Å²) in [6, 6.07) is 11.8. The highest BCUT2D eigenvalue weighted by molar-refractivity contribution is 6.30. The van der Waals surface area contributed by atoms with Crippen molar-refractivity contribution in [1.82, 2.24) is 14.5 Å². The first kappa shape index (κ1) is 19.9. The van der Waals surface area contributed by atoms with Crippen LogP contribution in [0.2, 0.25) is 5.02 Å². The zero-order chi connectivity index (χ0) is 20.4. The van der Waals surface area contributed by atoms with Gasteiger partial charge < -0.3 is 5.32 Å². The number of rotatable bonds is 5. The van der Waals surface area contributed by atoms with Crippen LogP contribution in [0.1, 0.15) is 25.8 Å². The maximum atomic E-state index is 13.2. The molecular weight excluding hydrogens is 378 g/mol. The molecule has 0 aliphatic carbocycles. The summed E-state index contributed by atoms with van der Waals surface area (Å²) in [4.78, 5) is 38.7. The number of aryl methyl sites for hydroxylation is 1. The molecule has 1 aromatic heterocycles. The minimum absolute atomic E-state index is 0.00412. The minimum atomic E-state index is -0.581. The summed E-state index contributed by atoms with van der Waals surface area (Å²) in [5.41, 5.74) is 0.657. The number of halogens is 1. The highest BCUT2D eigenvalue weighted by Crippen LogP contribution is 2.15. The number of nitrogens with one attached hydrogen (secondary N) is 1. The molecule has 2 aromatic carbocycles. The van der Waals surface area contributed by atoms with Crippen LogP contribution in [0, 0.1) is 6.92 Å². The summed E-state index contributed by atoms with van der Waals surface area (Å²) in [5.74, 6) is -0.283. The number of amides is 1. The highest BCUT2D eigenvalue weighted by Gasteiger charge is 2.17. The summed E-state index contributed by atoms with van der Waals surface area (Å²) in [6.45, 7) is 5.56. The number of benzene rings is 2. The lowest BCUT2D eigenvalue weighted by Gasteiger charge is -2.16. The molecule has 0 fully saturated rings. The van der Waals surface area contributed by atoms with Crippen molar-refractivity contribution in [3.05, 3.63) is 73.9 Å². The largest absolute Gasteiger partial charge is 0.352 e. The second-order valence-corrected chi connectivity index (χ2v) is 7.32. The van der Waals surface area contributed by atoms with Crippen LogP contribution in [0.15, 0.2) is 52.1 Å². The number of aromatic nitrogens is 2. The number of carbonyl (C=O) groups is 1. The average Bonchev–Trinajstić information content (AvgIpc) is 2.65. The number of hydrogen-bond donors (Lipinski definition) is 1. The zero-order valence-electron chi connectivity index (χ0n) is 16.0. The summed E-state index contributed by atoms with van der Waals surface area (Å²) in [5, 5.41) is 3.64. The number of hydrogen-bond acceptors (Lipinski definition) is 3. The molecule has 0 aliphatic rings. The van der Waals surface area contributed by atoms with Crippen molar-refractivity contribution in [2.24, 2.45) is 0 Å². The van der Waals surface area contributed by atoms with E-state index in [1.54, 1.807) is 36.4 Å². The molecule has 1 heterocycles. The zero-order valence-corrected chi connectivity index (χ0v) is 16.8. The fourth-order valence-electron chi connectivity index (χ4n) is 3.05. The summed E-state index contributed by atoms with van der Waals surface area (Å²) < 4.78 is 2.39. The van der Waals surface area contributed by atoms with E-state index < -0.39 is 11.2 Å². The van der Waals surface area contributed by atoms with Gasteiger partial charge in [-0.05, 0) is 50.6 Å². The molecule has 0 bridgehead atoms. The third kappa shape index (κ3) is 3.87. The quantitative estimate of drug-likeness (QED) is 0.716. The van der Waals surface area contributed by atoms with Crippen molar-refractivity contribution < 1.29 is 4.79 Å². The lowest BCUT2D eigenvalue weighted by molar-refractivity contribution is -0.122. The molecule has 0 spiro atoms. The molecule has 3 rings (SSSR count). The first-order valence-corrected chi connectivity index (χ1v) is 9.51. The molecule has 1 unspecified atom stereocenters. The molecule has 3 aromatic rings. The molecule has 0 radical (unpaired) electrons. The van der Waals surface area contributed by atoms with Gasteiger partial charge in [-0.3, -0.25) is 14.2 Å². The summed E-state index contributed by atoms with van der Waals surface area (Å²) >= 11 is 6.05. The van der Waals surface area contributed by atoms with Crippen molar-refractivity contribution in [1.29, 1.82) is 0 Å². The lowest BCUT2D eigenvalue weighted by Crippen LogP contribution is -2.43. The van der Waals surface area contributed by atoms with Crippen molar-refractivity contribution in [2.75, 3.05) is 0 Å². The van der Waals surface area contributed by atoms with Gasteiger partial charge >= 0.3 is 5.69 Å². The van der Waals surface area contributed by atoms with Crippen molar-refractivity contribution in [3.8, 4) is 5.69 Å². The smallest absolute Gasteiger partial charge is 0.336 e. The molecule has 0 saturated heterocycles. The van der Waals surface area contributed by atoms with Crippen LogP contribution in [0.25, 0.3) is 16.6 Å². The molecule has 1 N–H and O–H groups in total. The predicted octanol–water partition coefficient (Wildman–Crippen LogP) is 3.03. The van der Waals surface area contributed by atoms with Gasteiger partial charge in [-0.1, -0.05) is 36.2 Å². The maximum absolute atomic E-state index is 13.2. The molecule has 0 aliphatic heterocycles. The van der Waals surface area contributed by atoms with Crippen molar-refractivity contribution in [2.45, 2.75) is 39.8 Å². The molecule has 0 saturated carbocycles. The molecule has 6 nitrogen and oxygen atoms in total. The van der Waals surface area contributed by atoms with Gasteiger partial charge in [-0.25, -0.2) is 9.36 Å². The van der Waals surface area contributed by atoms with Crippen LogP contribution in [0.4, 0.5) is 0 Å². The highest BCUT2D eigenvalue weighted by atomic mass is 35.5. The molecule has 1 atom stereocenters. The fraction of sp³-hybridized carbons (Fsp3) is 0.286. The Kier molecular flexibility index (Phi) is 5.70. The van der Waals surface area contributed by atoms with E-state index in [1.807, 2.05) is 26.8 Å². The van der Waals surface area contributed by atoms with Crippen LogP contribution in [0.5, 0.6) is 0 Å². The Morgan fingerprint density at radius 2 is 1.93 bits per heavy atom. The average molecular weight is 400 g/mol. The number of nitrogens with zero attached hydrogens (tertiary/aromatic N) is 2.